The van der Waals surface area contributed by atoms with Gasteiger partial charge >= 0.3 is 6.01 Å². The highest BCUT2D eigenvalue weighted by molar-refractivity contribution is 5.33. The van der Waals surface area contributed by atoms with Crippen LogP contribution in [0.1, 0.15) is 39.5 Å². The molecule has 6 nitrogen and oxygen atoms in total. The fraction of sp³-hybridized carbons (Fsp3) is 0.750. The summed E-state index contributed by atoms with van der Waals surface area (Å²) in [7, 11) is 0. The molecule has 0 aliphatic heterocycles. The third-order valence-corrected chi connectivity index (χ3v) is 3.40. The molecular formula is C12H21N5O. The van der Waals surface area contributed by atoms with Crippen LogP contribution in [0.25, 0.3) is 0 Å². The summed E-state index contributed by atoms with van der Waals surface area (Å²) in [5.41, 5.74) is 6.07. The number of anilines is 2. The average Bonchev–Trinajstić information content (AvgIpc) is 3.14. The molecule has 0 saturated heterocycles. The van der Waals surface area contributed by atoms with Crippen LogP contribution in [-0.2, 0) is 0 Å². The number of nitrogen functional groups attached to an aromatic ring is 1. The minimum atomic E-state index is 0.194. The lowest BCUT2D eigenvalue weighted by atomic mass is 10.0. The Labute approximate surface area is 107 Å². The fourth-order valence-corrected chi connectivity index (χ4v) is 1.81. The van der Waals surface area contributed by atoms with Gasteiger partial charge in [-0.2, -0.15) is 15.0 Å². The molecule has 3 N–H and O–H groups in total. The zero-order valence-electron chi connectivity index (χ0n) is 11.1. The zero-order valence-corrected chi connectivity index (χ0v) is 11.1. The first-order valence-electron chi connectivity index (χ1n) is 6.56. The lowest BCUT2D eigenvalue weighted by Crippen LogP contribution is -2.17. The molecule has 1 fully saturated rings. The standard InChI is InChI=1S/C12H21N5O/c1-3-7-18-11-16-9(13)15-10(17-11)14-8-12(4-2)5-6-12/h3-8H2,1-2H3,(H3,13,14,15,16,17). The maximum absolute atomic E-state index is 5.64. The first kappa shape index (κ1) is 12.9. The molecule has 0 radical (unpaired) electrons. The Balaban J connectivity index is 1.96. The molecule has 0 amide bonds. The predicted molar refractivity (Wildman–Crippen MR) is 70.5 cm³/mol. The second kappa shape index (κ2) is 5.37. The minimum Gasteiger partial charge on any atom is -0.463 e. The van der Waals surface area contributed by atoms with Gasteiger partial charge in [-0.3, -0.25) is 0 Å². The van der Waals surface area contributed by atoms with E-state index in [0.717, 1.165) is 13.0 Å². The van der Waals surface area contributed by atoms with Crippen molar-refractivity contribution in [1.82, 2.24) is 15.0 Å². The SMILES string of the molecule is CCCOc1nc(N)nc(NCC2(CC)CC2)n1. The Morgan fingerprint density at radius 1 is 1.28 bits per heavy atom. The van der Waals surface area contributed by atoms with Gasteiger partial charge in [0.05, 0.1) is 6.61 Å². The summed E-state index contributed by atoms with van der Waals surface area (Å²) in [5.74, 6) is 0.702. The molecule has 0 atom stereocenters. The van der Waals surface area contributed by atoms with E-state index in [1.165, 1.54) is 19.3 Å². The lowest BCUT2D eigenvalue weighted by molar-refractivity contribution is 0.292. The van der Waals surface area contributed by atoms with Crippen LogP contribution in [0.3, 0.4) is 0 Å². The Morgan fingerprint density at radius 2 is 2.06 bits per heavy atom. The number of hydrogen-bond acceptors (Lipinski definition) is 6. The van der Waals surface area contributed by atoms with Crippen LogP contribution < -0.4 is 15.8 Å². The molecular weight excluding hydrogens is 230 g/mol. The van der Waals surface area contributed by atoms with Gasteiger partial charge in [-0.25, -0.2) is 0 Å². The van der Waals surface area contributed by atoms with Crippen molar-refractivity contribution in [2.24, 2.45) is 5.41 Å². The van der Waals surface area contributed by atoms with Crippen molar-refractivity contribution in [1.29, 1.82) is 0 Å². The van der Waals surface area contributed by atoms with Gasteiger partial charge in [0.15, 0.2) is 0 Å². The van der Waals surface area contributed by atoms with Crippen LogP contribution in [0.2, 0.25) is 0 Å². The normalized spacial score (nSPS) is 16.3. The van der Waals surface area contributed by atoms with E-state index in [1.54, 1.807) is 0 Å². The van der Waals surface area contributed by atoms with Crippen LogP contribution in [0.4, 0.5) is 11.9 Å². The molecule has 6 heteroatoms. The van der Waals surface area contributed by atoms with E-state index < -0.39 is 0 Å². The second-order valence-corrected chi connectivity index (χ2v) is 4.86. The Kier molecular flexibility index (Phi) is 3.84. The Bertz CT molecular complexity index is 405. The molecule has 0 unspecified atom stereocenters. The van der Waals surface area contributed by atoms with E-state index >= 15 is 0 Å². The number of hydrogen-bond donors (Lipinski definition) is 2. The quantitative estimate of drug-likeness (QED) is 0.769. The van der Waals surface area contributed by atoms with Gasteiger partial charge in [-0.1, -0.05) is 13.8 Å². The maximum atomic E-state index is 5.64. The highest BCUT2D eigenvalue weighted by Crippen LogP contribution is 2.48. The fourth-order valence-electron chi connectivity index (χ4n) is 1.81. The van der Waals surface area contributed by atoms with E-state index in [9.17, 15) is 0 Å². The van der Waals surface area contributed by atoms with Crippen molar-refractivity contribution < 1.29 is 4.74 Å². The number of nitrogens with two attached hydrogens (primary N) is 1. The van der Waals surface area contributed by atoms with Gasteiger partial charge in [-0.15, -0.1) is 0 Å². The summed E-state index contributed by atoms with van der Waals surface area (Å²) < 4.78 is 5.37. The third kappa shape index (κ3) is 3.21. The van der Waals surface area contributed by atoms with E-state index in [0.29, 0.717) is 24.0 Å². The monoisotopic (exact) mass is 251 g/mol. The number of nitrogens with zero attached hydrogens (tertiary/aromatic N) is 3. The van der Waals surface area contributed by atoms with Crippen LogP contribution in [0.5, 0.6) is 6.01 Å². The van der Waals surface area contributed by atoms with Gasteiger partial charge in [0, 0.05) is 6.54 Å². The summed E-state index contributed by atoms with van der Waals surface area (Å²) in [6.45, 7) is 5.72. The zero-order chi connectivity index (χ0) is 13.0. The van der Waals surface area contributed by atoms with E-state index in [1.807, 2.05) is 6.92 Å². The molecule has 1 aromatic rings. The highest BCUT2D eigenvalue weighted by atomic mass is 16.5. The molecule has 18 heavy (non-hydrogen) atoms. The van der Waals surface area contributed by atoms with Gasteiger partial charge in [0.25, 0.3) is 0 Å². The molecule has 1 heterocycles. The van der Waals surface area contributed by atoms with Crippen molar-refractivity contribution in [3.8, 4) is 6.01 Å². The van der Waals surface area contributed by atoms with Crippen molar-refractivity contribution in [3.05, 3.63) is 0 Å². The maximum Gasteiger partial charge on any atom is 0.323 e. The number of rotatable bonds is 7. The number of ether oxygens (including phenoxy) is 1. The Hall–Kier alpha value is -1.59. The summed E-state index contributed by atoms with van der Waals surface area (Å²) in [4.78, 5) is 12.2. The van der Waals surface area contributed by atoms with Gasteiger partial charge in [-0.05, 0) is 31.1 Å². The van der Waals surface area contributed by atoms with Crippen molar-refractivity contribution in [3.63, 3.8) is 0 Å². The average molecular weight is 251 g/mol. The second-order valence-electron chi connectivity index (χ2n) is 4.86. The molecule has 1 aliphatic carbocycles. The Morgan fingerprint density at radius 3 is 2.67 bits per heavy atom. The van der Waals surface area contributed by atoms with Crippen molar-refractivity contribution >= 4 is 11.9 Å². The first-order valence-corrected chi connectivity index (χ1v) is 6.56. The molecule has 1 aromatic heterocycles. The van der Waals surface area contributed by atoms with Crippen LogP contribution in [-0.4, -0.2) is 28.1 Å². The lowest BCUT2D eigenvalue weighted by Gasteiger charge is -2.13. The minimum absolute atomic E-state index is 0.194. The van der Waals surface area contributed by atoms with Crippen LogP contribution in [0, 0.1) is 5.41 Å². The number of aromatic nitrogens is 3. The van der Waals surface area contributed by atoms with Crippen molar-refractivity contribution in [2.75, 3.05) is 24.2 Å². The van der Waals surface area contributed by atoms with Crippen LogP contribution in [0.15, 0.2) is 0 Å². The van der Waals surface area contributed by atoms with Crippen LogP contribution >= 0.6 is 0 Å². The first-order chi connectivity index (χ1) is 8.67. The highest BCUT2D eigenvalue weighted by Gasteiger charge is 2.40. The van der Waals surface area contributed by atoms with Gasteiger partial charge in [0.1, 0.15) is 0 Å². The number of nitrogens with one attached hydrogen (secondary N) is 1. The van der Waals surface area contributed by atoms with Crippen molar-refractivity contribution in [2.45, 2.75) is 39.5 Å². The van der Waals surface area contributed by atoms with Gasteiger partial charge in [0.2, 0.25) is 11.9 Å². The largest absolute Gasteiger partial charge is 0.463 e. The molecule has 0 spiro atoms. The molecule has 2 rings (SSSR count). The topological polar surface area (TPSA) is 86.0 Å². The van der Waals surface area contributed by atoms with Gasteiger partial charge < -0.3 is 15.8 Å². The molecule has 1 aliphatic rings. The predicted octanol–water partition coefficient (Wildman–Crippen LogP) is 1.84. The smallest absolute Gasteiger partial charge is 0.323 e. The summed E-state index contributed by atoms with van der Waals surface area (Å²) in [6, 6.07) is 0.299. The summed E-state index contributed by atoms with van der Waals surface area (Å²) >= 11 is 0. The molecule has 0 aromatic carbocycles. The summed E-state index contributed by atoms with van der Waals surface area (Å²) in [5, 5.41) is 3.23. The molecule has 100 valence electrons. The third-order valence-electron chi connectivity index (χ3n) is 3.40. The van der Waals surface area contributed by atoms with E-state index in [4.69, 9.17) is 10.5 Å². The summed E-state index contributed by atoms with van der Waals surface area (Å²) in [6.07, 6.45) is 4.64. The molecule has 0 bridgehead atoms. The van der Waals surface area contributed by atoms with E-state index in [2.05, 4.69) is 27.2 Å². The molecule has 1 saturated carbocycles. The van der Waals surface area contributed by atoms with E-state index in [-0.39, 0.29) is 5.95 Å².